The van der Waals surface area contributed by atoms with Crippen LogP contribution in [0.5, 0.6) is 0 Å². The Bertz CT molecular complexity index is 547. The van der Waals surface area contributed by atoms with Crippen LogP contribution >= 0.6 is 0 Å². The van der Waals surface area contributed by atoms with Crippen molar-refractivity contribution in [3.63, 3.8) is 0 Å². The number of aromatic nitrogens is 3. The Morgan fingerprint density at radius 1 is 1.50 bits per heavy atom. The second-order valence-corrected chi connectivity index (χ2v) is 5.08. The van der Waals surface area contributed by atoms with Crippen molar-refractivity contribution in [3.05, 3.63) is 29.7 Å². The summed E-state index contributed by atoms with van der Waals surface area (Å²) in [5.74, 6) is 0.932. The van der Waals surface area contributed by atoms with Crippen LogP contribution in [0.4, 0.5) is 0 Å². The minimum atomic E-state index is 0.497. The molecule has 0 aromatic carbocycles. The number of hydrogen-bond donors (Lipinski definition) is 1. The minimum absolute atomic E-state index is 0.497. The summed E-state index contributed by atoms with van der Waals surface area (Å²) in [5.41, 5.74) is 2.16. The normalized spacial score (nSPS) is 21.6. The van der Waals surface area contributed by atoms with E-state index in [1.165, 1.54) is 5.56 Å². The van der Waals surface area contributed by atoms with Crippen molar-refractivity contribution < 1.29 is 0 Å². The average Bonchev–Trinajstić information content (AvgIpc) is 2.73. The van der Waals surface area contributed by atoms with Crippen LogP contribution in [0, 0.1) is 6.92 Å². The molecule has 1 N–H and O–H groups in total. The molecule has 1 aliphatic heterocycles. The zero-order chi connectivity index (χ0) is 12.5. The third-order valence-corrected chi connectivity index (χ3v) is 3.60. The first-order valence-corrected chi connectivity index (χ1v) is 6.45. The van der Waals surface area contributed by atoms with Crippen molar-refractivity contribution in [2.45, 2.75) is 19.4 Å². The number of likely N-dealkylation sites (N-methyl/N-ethyl adjacent to an activating group) is 1. The average molecular weight is 245 g/mol. The molecule has 1 unspecified atom stereocenters. The van der Waals surface area contributed by atoms with Crippen molar-refractivity contribution in [2.75, 3.05) is 26.7 Å². The van der Waals surface area contributed by atoms with E-state index in [1.54, 1.807) is 0 Å². The van der Waals surface area contributed by atoms with Gasteiger partial charge in [0.1, 0.15) is 0 Å². The Balaban J connectivity index is 1.81. The van der Waals surface area contributed by atoms with Gasteiger partial charge >= 0.3 is 0 Å². The fourth-order valence-electron chi connectivity index (χ4n) is 2.42. The van der Waals surface area contributed by atoms with Gasteiger partial charge in [-0.25, -0.2) is 9.50 Å². The first kappa shape index (κ1) is 11.6. The van der Waals surface area contributed by atoms with Crippen LogP contribution in [-0.2, 0) is 6.42 Å². The molecule has 5 nitrogen and oxygen atoms in total. The summed E-state index contributed by atoms with van der Waals surface area (Å²) in [6, 6.07) is 4.62. The second kappa shape index (κ2) is 4.66. The molecule has 1 saturated heterocycles. The largest absolute Gasteiger partial charge is 0.314 e. The highest BCUT2D eigenvalue weighted by molar-refractivity contribution is 5.40. The fourth-order valence-corrected chi connectivity index (χ4v) is 2.42. The lowest BCUT2D eigenvalue weighted by molar-refractivity contribution is 0.197. The molecule has 96 valence electrons. The van der Waals surface area contributed by atoms with Crippen LogP contribution in [0.25, 0.3) is 5.65 Å². The molecule has 5 heteroatoms. The molecule has 1 fully saturated rings. The molecular formula is C13H19N5. The Morgan fingerprint density at radius 2 is 2.39 bits per heavy atom. The van der Waals surface area contributed by atoms with E-state index in [1.807, 2.05) is 10.7 Å². The zero-order valence-electron chi connectivity index (χ0n) is 10.9. The molecule has 0 amide bonds. The van der Waals surface area contributed by atoms with Gasteiger partial charge in [0.05, 0.1) is 0 Å². The molecule has 2 aromatic rings. The summed E-state index contributed by atoms with van der Waals surface area (Å²) in [6.07, 6.45) is 2.88. The Hall–Kier alpha value is -1.46. The van der Waals surface area contributed by atoms with E-state index in [-0.39, 0.29) is 0 Å². The summed E-state index contributed by atoms with van der Waals surface area (Å²) >= 11 is 0. The van der Waals surface area contributed by atoms with Gasteiger partial charge in [-0.3, -0.25) is 0 Å². The van der Waals surface area contributed by atoms with Crippen LogP contribution in [0.2, 0.25) is 0 Å². The smallest absolute Gasteiger partial charge is 0.155 e. The Labute approximate surface area is 107 Å². The van der Waals surface area contributed by atoms with E-state index in [0.717, 1.165) is 37.5 Å². The van der Waals surface area contributed by atoms with E-state index in [9.17, 15) is 0 Å². The van der Waals surface area contributed by atoms with Crippen LogP contribution in [-0.4, -0.2) is 52.2 Å². The van der Waals surface area contributed by atoms with Gasteiger partial charge in [-0.1, -0.05) is 0 Å². The number of aryl methyl sites for hydroxylation is 1. The predicted molar refractivity (Wildman–Crippen MR) is 70.7 cm³/mol. The highest BCUT2D eigenvalue weighted by Gasteiger charge is 2.20. The van der Waals surface area contributed by atoms with E-state index < -0.39 is 0 Å². The zero-order valence-corrected chi connectivity index (χ0v) is 10.9. The van der Waals surface area contributed by atoms with E-state index >= 15 is 0 Å². The molecule has 0 saturated carbocycles. The van der Waals surface area contributed by atoms with Gasteiger partial charge in [-0.15, -0.1) is 0 Å². The SMILES string of the molecule is Cc1ccn2nc(CC3CNCCN3C)nc2c1. The standard InChI is InChI=1S/C13H19N5/c1-10-3-5-18-13(7-10)15-12(16-18)8-11-9-14-4-6-17(11)2/h3,5,7,11,14H,4,6,8-9H2,1-2H3. The van der Waals surface area contributed by atoms with E-state index in [2.05, 4.69) is 46.4 Å². The van der Waals surface area contributed by atoms with Crippen molar-refractivity contribution in [1.82, 2.24) is 24.8 Å². The van der Waals surface area contributed by atoms with Gasteiger partial charge in [0.25, 0.3) is 0 Å². The lowest BCUT2D eigenvalue weighted by Gasteiger charge is -2.32. The molecule has 0 radical (unpaired) electrons. The molecule has 0 aliphatic carbocycles. The molecule has 0 spiro atoms. The fraction of sp³-hybridized carbons (Fsp3) is 0.538. The number of nitrogens with one attached hydrogen (secondary N) is 1. The van der Waals surface area contributed by atoms with Crippen molar-refractivity contribution in [2.24, 2.45) is 0 Å². The van der Waals surface area contributed by atoms with Crippen molar-refractivity contribution >= 4 is 5.65 Å². The van der Waals surface area contributed by atoms with Crippen molar-refractivity contribution in [1.29, 1.82) is 0 Å². The maximum absolute atomic E-state index is 4.60. The summed E-state index contributed by atoms with van der Waals surface area (Å²) in [7, 11) is 2.17. The minimum Gasteiger partial charge on any atom is -0.314 e. The second-order valence-electron chi connectivity index (χ2n) is 5.08. The van der Waals surface area contributed by atoms with Crippen LogP contribution < -0.4 is 5.32 Å². The molecular weight excluding hydrogens is 226 g/mol. The maximum Gasteiger partial charge on any atom is 0.155 e. The molecule has 3 heterocycles. The molecule has 0 bridgehead atoms. The third-order valence-electron chi connectivity index (χ3n) is 3.60. The Kier molecular flexibility index (Phi) is 3.01. The molecule has 2 aromatic heterocycles. The van der Waals surface area contributed by atoms with Gasteiger partial charge in [0.2, 0.25) is 0 Å². The van der Waals surface area contributed by atoms with Gasteiger partial charge in [0, 0.05) is 38.3 Å². The van der Waals surface area contributed by atoms with E-state index in [4.69, 9.17) is 0 Å². The summed E-state index contributed by atoms with van der Waals surface area (Å²) in [5, 5.41) is 7.96. The topological polar surface area (TPSA) is 45.5 Å². The number of pyridine rings is 1. The molecule has 1 atom stereocenters. The third kappa shape index (κ3) is 2.23. The number of piperazine rings is 1. The van der Waals surface area contributed by atoms with Gasteiger partial charge in [-0.2, -0.15) is 5.10 Å². The monoisotopic (exact) mass is 245 g/mol. The van der Waals surface area contributed by atoms with Crippen molar-refractivity contribution in [3.8, 4) is 0 Å². The lowest BCUT2D eigenvalue weighted by atomic mass is 10.1. The molecule has 18 heavy (non-hydrogen) atoms. The summed E-state index contributed by atoms with van der Waals surface area (Å²) in [4.78, 5) is 6.98. The first-order chi connectivity index (χ1) is 8.72. The number of nitrogens with zero attached hydrogens (tertiary/aromatic N) is 4. The van der Waals surface area contributed by atoms with Gasteiger partial charge < -0.3 is 10.2 Å². The van der Waals surface area contributed by atoms with E-state index in [0.29, 0.717) is 6.04 Å². The summed E-state index contributed by atoms with van der Waals surface area (Å²) in [6.45, 7) is 5.26. The maximum atomic E-state index is 4.60. The highest BCUT2D eigenvalue weighted by atomic mass is 15.3. The number of rotatable bonds is 2. The number of fused-ring (bicyclic) bond motifs is 1. The quantitative estimate of drug-likeness (QED) is 0.836. The van der Waals surface area contributed by atoms with Gasteiger partial charge in [0.15, 0.2) is 11.5 Å². The Morgan fingerprint density at radius 3 is 3.22 bits per heavy atom. The molecule has 3 rings (SSSR count). The highest BCUT2D eigenvalue weighted by Crippen LogP contribution is 2.09. The predicted octanol–water partition coefficient (Wildman–Crippen LogP) is 0.484. The van der Waals surface area contributed by atoms with Crippen LogP contribution in [0.3, 0.4) is 0 Å². The lowest BCUT2D eigenvalue weighted by Crippen LogP contribution is -2.50. The van der Waals surface area contributed by atoms with Gasteiger partial charge in [-0.05, 0) is 31.7 Å². The van der Waals surface area contributed by atoms with Crippen LogP contribution in [0.1, 0.15) is 11.4 Å². The molecule has 1 aliphatic rings. The number of hydrogen-bond acceptors (Lipinski definition) is 4. The van der Waals surface area contributed by atoms with Crippen LogP contribution in [0.15, 0.2) is 18.3 Å². The summed E-state index contributed by atoms with van der Waals surface area (Å²) < 4.78 is 1.86. The first-order valence-electron chi connectivity index (χ1n) is 6.45.